The van der Waals surface area contributed by atoms with E-state index < -0.39 is 10.2 Å². The highest BCUT2D eigenvalue weighted by Crippen LogP contribution is 2.19. The Balaban J connectivity index is 2.62. The standard InChI is InChI=1S/C14H31N3O2S/c1-5-13(4)10-16-20(18,19)17-9-7-6-8-14(17)11-15-12(2)3/h12-16H,5-11H2,1-4H3. The summed E-state index contributed by atoms with van der Waals surface area (Å²) in [5.74, 6) is 0.377. The molecule has 20 heavy (non-hydrogen) atoms. The fourth-order valence-electron chi connectivity index (χ4n) is 2.34. The Morgan fingerprint density at radius 2 is 1.95 bits per heavy atom. The molecule has 120 valence electrons. The first kappa shape index (κ1) is 17.9. The van der Waals surface area contributed by atoms with Crippen LogP contribution in [0.25, 0.3) is 0 Å². The normalized spacial score (nSPS) is 23.1. The molecule has 1 aliphatic rings. The average Bonchev–Trinajstić information content (AvgIpc) is 2.42. The Morgan fingerprint density at radius 1 is 1.25 bits per heavy atom. The molecule has 2 N–H and O–H groups in total. The highest BCUT2D eigenvalue weighted by molar-refractivity contribution is 7.87. The van der Waals surface area contributed by atoms with Crippen LogP contribution in [0.2, 0.25) is 0 Å². The number of hydrogen-bond donors (Lipinski definition) is 2. The second-order valence-electron chi connectivity index (χ2n) is 6.19. The highest BCUT2D eigenvalue weighted by Gasteiger charge is 2.31. The predicted octanol–water partition coefficient (Wildman–Crippen LogP) is 1.72. The van der Waals surface area contributed by atoms with Gasteiger partial charge in [0.2, 0.25) is 0 Å². The molecule has 1 rings (SSSR count). The Labute approximate surface area is 124 Å². The third-order valence-electron chi connectivity index (χ3n) is 3.95. The van der Waals surface area contributed by atoms with Crippen molar-refractivity contribution in [3.05, 3.63) is 0 Å². The first-order chi connectivity index (χ1) is 9.36. The van der Waals surface area contributed by atoms with Crippen molar-refractivity contribution in [3.63, 3.8) is 0 Å². The summed E-state index contributed by atoms with van der Waals surface area (Å²) in [7, 11) is -3.34. The summed E-state index contributed by atoms with van der Waals surface area (Å²) in [6, 6.07) is 0.468. The van der Waals surface area contributed by atoms with Crippen LogP contribution in [0, 0.1) is 5.92 Å². The van der Waals surface area contributed by atoms with Gasteiger partial charge in [0.1, 0.15) is 0 Å². The summed E-state index contributed by atoms with van der Waals surface area (Å²) in [6.45, 7) is 10.2. The van der Waals surface area contributed by atoms with Crippen LogP contribution in [0.3, 0.4) is 0 Å². The van der Waals surface area contributed by atoms with Crippen LogP contribution >= 0.6 is 0 Å². The van der Waals surface area contributed by atoms with Gasteiger partial charge in [-0.2, -0.15) is 12.7 Å². The Hall–Kier alpha value is -0.170. The molecule has 0 aromatic carbocycles. The molecule has 1 fully saturated rings. The van der Waals surface area contributed by atoms with E-state index in [-0.39, 0.29) is 6.04 Å². The molecule has 0 aromatic rings. The lowest BCUT2D eigenvalue weighted by Gasteiger charge is -2.35. The van der Waals surface area contributed by atoms with E-state index in [1.165, 1.54) is 0 Å². The molecule has 0 aliphatic carbocycles. The quantitative estimate of drug-likeness (QED) is 0.718. The van der Waals surface area contributed by atoms with Crippen molar-refractivity contribution in [2.45, 2.75) is 65.5 Å². The first-order valence-electron chi connectivity index (χ1n) is 7.86. The van der Waals surface area contributed by atoms with Gasteiger partial charge in [-0.25, -0.2) is 4.72 Å². The van der Waals surface area contributed by atoms with Gasteiger partial charge in [-0.15, -0.1) is 0 Å². The van der Waals surface area contributed by atoms with E-state index in [9.17, 15) is 8.42 Å². The maximum absolute atomic E-state index is 12.4. The fourth-order valence-corrected chi connectivity index (χ4v) is 3.94. The molecule has 2 atom stereocenters. The summed E-state index contributed by atoms with van der Waals surface area (Å²) in [5.41, 5.74) is 0. The van der Waals surface area contributed by atoms with Crippen molar-refractivity contribution in [1.29, 1.82) is 0 Å². The van der Waals surface area contributed by atoms with Gasteiger partial charge in [0.25, 0.3) is 10.2 Å². The topological polar surface area (TPSA) is 61.4 Å². The molecule has 0 saturated carbocycles. The van der Waals surface area contributed by atoms with Crippen LogP contribution in [-0.2, 0) is 10.2 Å². The van der Waals surface area contributed by atoms with E-state index in [0.717, 1.165) is 32.2 Å². The SMILES string of the molecule is CCC(C)CNS(=O)(=O)N1CCCCC1CNC(C)C. The monoisotopic (exact) mass is 305 g/mol. The predicted molar refractivity (Wildman–Crippen MR) is 83.9 cm³/mol. The van der Waals surface area contributed by atoms with Gasteiger partial charge in [0, 0.05) is 31.7 Å². The molecule has 5 nitrogen and oxygen atoms in total. The van der Waals surface area contributed by atoms with Crippen molar-refractivity contribution in [3.8, 4) is 0 Å². The van der Waals surface area contributed by atoms with Crippen LogP contribution < -0.4 is 10.0 Å². The van der Waals surface area contributed by atoms with Crippen LogP contribution in [-0.4, -0.2) is 44.4 Å². The highest BCUT2D eigenvalue weighted by atomic mass is 32.2. The summed E-state index contributed by atoms with van der Waals surface area (Å²) in [4.78, 5) is 0. The van der Waals surface area contributed by atoms with E-state index in [1.54, 1.807) is 4.31 Å². The molecular formula is C14H31N3O2S. The van der Waals surface area contributed by atoms with Crippen molar-refractivity contribution >= 4 is 10.2 Å². The molecule has 2 unspecified atom stereocenters. The molecule has 0 bridgehead atoms. The van der Waals surface area contributed by atoms with E-state index in [1.807, 2.05) is 0 Å². The minimum atomic E-state index is -3.34. The molecular weight excluding hydrogens is 274 g/mol. The third kappa shape index (κ3) is 5.68. The van der Waals surface area contributed by atoms with Gasteiger partial charge in [-0.3, -0.25) is 0 Å². The van der Waals surface area contributed by atoms with Gasteiger partial charge in [0.05, 0.1) is 0 Å². The minimum absolute atomic E-state index is 0.0839. The molecule has 0 spiro atoms. The average molecular weight is 305 g/mol. The fraction of sp³-hybridized carbons (Fsp3) is 1.00. The molecule has 0 radical (unpaired) electrons. The Kier molecular flexibility index (Phi) is 7.43. The van der Waals surface area contributed by atoms with Crippen molar-refractivity contribution in [2.75, 3.05) is 19.6 Å². The van der Waals surface area contributed by atoms with E-state index in [4.69, 9.17) is 0 Å². The van der Waals surface area contributed by atoms with Crippen LogP contribution in [0.5, 0.6) is 0 Å². The van der Waals surface area contributed by atoms with Crippen LogP contribution in [0.15, 0.2) is 0 Å². The van der Waals surface area contributed by atoms with Crippen LogP contribution in [0.1, 0.15) is 53.4 Å². The van der Waals surface area contributed by atoms with E-state index >= 15 is 0 Å². The van der Waals surface area contributed by atoms with Crippen molar-refractivity contribution < 1.29 is 8.42 Å². The Bertz CT molecular complexity index is 371. The zero-order valence-electron chi connectivity index (χ0n) is 13.4. The second kappa shape index (κ2) is 8.32. The van der Waals surface area contributed by atoms with Crippen molar-refractivity contribution in [2.24, 2.45) is 5.92 Å². The molecule has 6 heteroatoms. The maximum atomic E-state index is 12.4. The Morgan fingerprint density at radius 3 is 2.55 bits per heavy atom. The minimum Gasteiger partial charge on any atom is -0.313 e. The van der Waals surface area contributed by atoms with Gasteiger partial charge in [0.15, 0.2) is 0 Å². The molecule has 0 amide bonds. The summed E-state index contributed by atoms with van der Waals surface area (Å²) < 4.78 is 29.3. The van der Waals surface area contributed by atoms with Gasteiger partial charge >= 0.3 is 0 Å². The summed E-state index contributed by atoms with van der Waals surface area (Å²) >= 11 is 0. The number of rotatable bonds is 8. The van der Waals surface area contributed by atoms with Gasteiger partial charge in [-0.1, -0.05) is 40.5 Å². The number of hydrogen-bond acceptors (Lipinski definition) is 3. The number of nitrogens with zero attached hydrogens (tertiary/aromatic N) is 1. The lowest BCUT2D eigenvalue weighted by atomic mass is 10.0. The zero-order chi connectivity index (χ0) is 15.2. The van der Waals surface area contributed by atoms with Crippen molar-refractivity contribution in [1.82, 2.24) is 14.3 Å². The maximum Gasteiger partial charge on any atom is 0.279 e. The van der Waals surface area contributed by atoms with Gasteiger partial charge < -0.3 is 5.32 Å². The number of nitrogens with one attached hydrogen (secondary N) is 2. The van der Waals surface area contributed by atoms with Gasteiger partial charge in [-0.05, 0) is 18.8 Å². The molecule has 1 saturated heterocycles. The lowest BCUT2D eigenvalue weighted by Crippen LogP contribution is -2.53. The zero-order valence-corrected chi connectivity index (χ0v) is 14.2. The largest absolute Gasteiger partial charge is 0.313 e. The molecule has 1 heterocycles. The first-order valence-corrected chi connectivity index (χ1v) is 9.30. The summed E-state index contributed by atoms with van der Waals surface area (Å²) in [5, 5.41) is 3.36. The van der Waals surface area contributed by atoms with E-state index in [2.05, 4.69) is 37.7 Å². The third-order valence-corrected chi connectivity index (χ3v) is 5.58. The lowest BCUT2D eigenvalue weighted by molar-refractivity contribution is 0.238. The van der Waals surface area contributed by atoms with Crippen LogP contribution in [0.4, 0.5) is 0 Å². The molecule has 1 aliphatic heterocycles. The number of piperidine rings is 1. The van der Waals surface area contributed by atoms with E-state index in [0.29, 0.717) is 25.0 Å². The summed E-state index contributed by atoms with van der Waals surface area (Å²) in [6.07, 6.45) is 4.01. The smallest absolute Gasteiger partial charge is 0.279 e. The molecule has 0 aromatic heterocycles. The second-order valence-corrected chi connectivity index (χ2v) is 7.90.